The first-order valence-corrected chi connectivity index (χ1v) is 17.3. The molecule has 2 fully saturated rings. The zero-order chi connectivity index (χ0) is 35.6. The number of imidazole rings is 2. The van der Waals surface area contributed by atoms with Crippen molar-refractivity contribution in [2.24, 2.45) is 0 Å². The molecule has 5 aromatic rings. The second-order valence-electron chi connectivity index (χ2n) is 13.3. The highest BCUT2D eigenvalue weighted by Gasteiger charge is 2.39. The Hall–Kier alpha value is -5.75. The molecule has 0 saturated carbocycles. The summed E-state index contributed by atoms with van der Waals surface area (Å²) in [5, 5.41) is 19.6. The number of carboxylic acid groups (broad SMARTS) is 1. The van der Waals surface area contributed by atoms with Crippen molar-refractivity contribution in [2.75, 3.05) is 20.1 Å². The molecule has 12 nitrogen and oxygen atoms in total. The van der Waals surface area contributed by atoms with Crippen LogP contribution in [0.3, 0.4) is 0 Å². The Labute approximate surface area is 295 Å². The number of likely N-dealkylation sites (N-methyl/N-ethyl adjacent to an activating group) is 1. The lowest BCUT2D eigenvalue weighted by atomic mass is 10.0. The Balaban J connectivity index is 1.03. The molecule has 7 rings (SSSR count). The van der Waals surface area contributed by atoms with Gasteiger partial charge in [0.25, 0.3) is 11.8 Å². The molecule has 0 unspecified atom stereocenters. The minimum atomic E-state index is -1.17. The van der Waals surface area contributed by atoms with Crippen LogP contribution >= 0.6 is 0 Å². The molecule has 262 valence electrons. The first-order chi connectivity index (χ1) is 24.7. The van der Waals surface area contributed by atoms with Gasteiger partial charge in [0.05, 0.1) is 35.9 Å². The molecule has 12 heteroatoms. The molecular weight excluding hydrogens is 646 g/mol. The molecule has 3 amide bonds. The van der Waals surface area contributed by atoms with Gasteiger partial charge in [0.15, 0.2) is 0 Å². The summed E-state index contributed by atoms with van der Waals surface area (Å²) in [7, 11) is 1.43. The van der Waals surface area contributed by atoms with E-state index in [4.69, 9.17) is 0 Å². The summed E-state index contributed by atoms with van der Waals surface area (Å²) in [5.41, 5.74) is 6.37. The smallest absolute Gasteiger partial charge is 0.407 e. The second-order valence-corrected chi connectivity index (χ2v) is 13.3. The van der Waals surface area contributed by atoms with E-state index in [-0.39, 0.29) is 23.9 Å². The normalized spacial score (nSPS) is 18.5. The standard InChI is InChI=1S/C39H41N7O5/c1-24(47)37(48)45-20-6-10-32(45)35-40-22-30(42-35)27-16-12-25(13-17-27)26-14-18-28(19-15-26)31-23-41-36(43-31)33-11-7-21-46(33)38(49)34(44(2)39(50)51)29-8-4-3-5-9-29/h3-5,8-9,12-19,22-24,32-34,47H,6-7,10-11,20-21H2,1-2H3,(H,40,42)(H,41,43)(H,50,51)/t24-,32+,33+,34-/m1/s1. The number of aliphatic hydroxyl groups is 1. The minimum absolute atomic E-state index is 0.165. The molecular formula is C39H41N7O5. The first kappa shape index (κ1) is 33.7. The number of hydrogen-bond donors (Lipinski definition) is 4. The number of nitrogens with one attached hydrogen (secondary N) is 2. The van der Waals surface area contributed by atoms with Crippen molar-refractivity contribution in [1.82, 2.24) is 34.6 Å². The van der Waals surface area contributed by atoms with Crippen LogP contribution in [-0.2, 0) is 9.59 Å². The number of benzene rings is 3. The highest BCUT2D eigenvalue weighted by molar-refractivity contribution is 5.87. The molecule has 4 heterocycles. The van der Waals surface area contributed by atoms with E-state index in [9.17, 15) is 24.6 Å². The van der Waals surface area contributed by atoms with Crippen LogP contribution in [0.1, 0.15) is 67.9 Å². The molecule has 0 radical (unpaired) electrons. The summed E-state index contributed by atoms with van der Waals surface area (Å²) in [5.74, 6) is 0.871. The van der Waals surface area contributed by atoms with Crippen molar-refractivity contribution < 1.29 is 24.6 Å². The Morgan fingerprint density at radius 3 is 1.63 bits per heavy atom. The van der Waals surface area contributed by atoms with Crippen molar-refractivity contribution in [3.63, 3.8) is 0 Å². The van der Waals surface area contributed by atoms with Gasteiger partial charge < -0.3 is 30.0 Å². The van der Waals surface area contributed by atoms with Crippen LogP contribution in [0.4, 0.5) is 4.79 Å². The van der Waals surface area contributed by atoms with E-state index in [1.165, 1.54) is 14.0 Å². The number of carbonyl (C=O) groups excluding carboxylic acids is 2. The number of carbonyl (C=O) groups is 3. The second kappa shape index (κ2) is 14.2. The van der Waals surface area contributed by atoms with E-state index in [0.717, 1.165) is 70.0 Å². The van der Waals surface area contributed by atoms with Gasteiger partial charge in [-0.1, -0.05) is 78.9 Å². The van der Waals surface area contributed by atoms with Gasteiger partial charge in [0.1, 0.15) is 23.8 Å². The van der Waals surface area contributed by atoms with Gasteiger partial charge in [-0.05, 0) is 60.4 Å². The summed E-state index contributed by atoms with van der Waals surface area (Å²) < 4.78 is 0. The lowest BCUT2D eigenvalue weighted by Crippen LogP contribution is -2.43. The largest absolute Gasteiger partial charge is 0.465 e. The summed E-state index contributed by atoms with van der Waals surface area (Å²) in [6.07, 6.45) is 4.57. The Bertz CT molecular complexity index is 2010. The fraction of sp³-hybridized carbons (Fsp3) is 0.308. The van der Waals surface area contributed by atoms with Crippen LogP contribution in [0.5, 0.6) is 0 Å². The maximum Gasteiger partial charge on any atom is 0.407 e. The van der Waals surface area contributed by atoms with E-state index in [1.807, 2.05) is 30.3 Å². The number of likely N-dealkylation sites (tertiary alicyclic amines) is 2. The van der Waals surface area contributed by atoms with Crippen LogP contribution in [0.15, 0.2) is 91.3 Å². The monoisotopic (exact) mass is 687 g/mol. The highest BCUT2D eigenvalue weighted by Crippen LogP contribution is 2.36. The molecule has 4 atom stereocenters. The number of aliphatic hydroxyl groups excluding tert-OH is 1. The average Bonchev–Trinajstić information content (AvgIpc) is 3.98. The van der Waals surface area contributed by atoms with Crippen molar-refractivity contribution in [3.8, 4) is 33.6 Å². The Kier molecular flexibility index (Phi) is 9.42. The number of aromatic amines is 2. The summed E-state index contributed by atoms with van der Waals surface area (Å²) >= 11 is 0. The third-order valence-corrected chi connectivity index (χ3v) is 10.0. The van der Waals surface area contributed by atoms with Gasteiger partial charge in [0, 0.05) is 20.1 Å². The predicted octanol–water partition coefficient (Wildman–Crippen LogP) is 6.19. The van der Waals surface area contributed by atoms with Crippen molar-refractivity contribution in [1.29, 1.82) is 0 Å². The number of amides is 3. The van der Waals surface area contributed by atoms with Gasteiger partial charge in [-0.2, -0.15) is 0 Å². The topological polar surface area (TPSA) is 159 Å². The van der Waals surface area contributed by atoms with E-state index in [2.05, 4.69) is 44.2 Å². The number of nitrogens with zero attached hydrogens (tertiary/aromatic N) is 5. The third-order valence-electron chi connectivity index (χ3n) is 10.0. The highest BCUT2D eigenvalue weighted by atomic mass is 16.4. The quantitative estimate of drug-likeness (QED) is 0.144. The summed E-state index contributed by atoms with van der Waals surface area (Å²) in [6.45, 7) is 2.64. The molecule has 2 aliphatic rings. The molecule has 0 aliphatic carbocycles. The molecule has 2 saturated heterocycles. The van der Waals surface area contributed by atoms with Gasteiger partial charge in [0.2, 0.25) is 0 Å². The molecule has 2 aromatic heterocycles. The number of rotatable bonds is 9. The molecule has 0 bridgehead atoms. The fourth-order valence-electron chi connectivity index (χ4n) is 7.29. The van der Waals surface area contributed by atoms with Crippen LogP contribution in [0.2, 0.25) is 0 Å². The molecule has 0 spiro atoms. The number of H-pyrrole nitrogens is 2. The van der Waals surface area contributed by atoms with E-state index < -0.39 is 18.2 Å². The lowest BCUT2D eigenvalue weighted by Gasteiger charge is -2.32. The molecule has 4 N–H and O–H groups in total. The third kappa shape index (κ3) is 6.74. The zero-order valence-electron chi connectivity index (χ0n) is 28.6. The van der Waals surface area contributed by atoms with Gasteiger partial charge in [-0.15, -0.1) is 0 Å². The SMILES string of the molecule is C[C@@H](O)C(=O)N1CCC[C@H]1c1ncc(-c2ccc(-c3ccc(-c4cnc([C@@H]5CCCN5C(=O)[C@@H](c5ccccc5)N(C)C(=O)O)[nH]4)cc3)cc2)[nH]1. The molecule has 2 aliphatic heterocycles. The minimum Gasteiger partial charge on any atom is -0.465 e. The number of hydrogen-bond acceptors (Lipinski definition) is 6. The fourth-order valence-corrected chi connectivity index (χ4v) is 7.29. The lowest BCUT2D eigenvalue weighted by molar-refractivity contribution is -0.140. The first-order valence-electron chi connectivity index (χ1n) is 17.3. The Morgan fingerprint density at radius 1 is 0.725 bits per heavy atom. The van der Waals surface area contributed by atoms with Crippen molar-refractivity contribution >= 4 is 17.9 Å². The van der Waals surface area contributed by atoms with Crippen molar-refractivity contribution in [3.05, 3.63) is 108 Å². The van der Waals surface area contributed by atoms with Crippen LogP contribution in [0, 0.1) is 0 Å². The summed E-state index contributed by atoms with van der Waals surface area (Å²) in [4.78, 5) is 58.9. The van der Waals surface area contributed by atoms with Gasteiger partial charge in [-0.25, -0.2) is 14.8 Å². The maximum atomic E-state index is 13.9. The van der Waals surface area contributed by atoms with E-state index >= 15 is 0 Å². The zero-order valence-corrected chi connectivity index (χ0v) is 28.6. The molecule has 3 aromatic carbocycles. The van der Waals surface area contributed by atoms with Gasteiger partial charge in [-0.3, -0.25) is 14.5 Å². The van der Waals surface area contributed by atoms with E-state index in [0.29, 0.717) is 24.5 Å². The predicted molar refractivity (Wildman–Crippen MR) is 191 cm³/mol. The van der Waals surface area contributed by atoms with Gasteiger partial charge >= 0.3 is 6.09 Å². The average molecular weight is 688 g/mol. The molecule has 51 heavy (non-hydrogen) atoms. The van der Waals surface area contributed by atoms with Crippen molar-refractivity contribution in [2.45, 2.75) is 56.8 Å². The number of aromatic nitrogens is 4. The summed E-state index contributed by atoms with van der Waals surface area (Å²) in [6, 6.07) is 24.0. The van der Waals surface area contributed by atoms with E-state index in [1.54, 1.807) is 46.5 Å². The Morgan fingerprint density at radius 2 is 1.18 bits per heavy atom. The van der Waals surface area contributed by atoms with Crippen LogP contribution < -0.4 is 0 Å². The van der Waals surface area contributed by atoms with Crippen LogP contribution in [-0.4, -0.2) is 89.0 Å². The maximum absolute atomic E-state index is 13.9. The van der Waals surface area contributed by atoms with Crippen LogP contribution in [0.25, 0.3) is 33.6 Å².